The molecule has 1 aliphatic heterocycles. The van der Waals surface area contributed by atoms with Crippen molar-refractivity contribution in [2.24, 2.45) is 0 Å². The first kappa shape index (κ1) is 21.7. The Labute approximate surface area is 184 Å². The molecule has 1 aromatic heterocycles. The lowest BCUT2D eigenvalue weighted by atomic mass is 9.85. The van der Waals surface area contributed by atoms with Gasteiger partial charge in [-0.15, -0.1) is 0 Å². The summed E-state index contributed by atoms with van der Waals surface area (Å²) in [4.78, 5) is 6.66. The van der Waals surface area contributed by atoms with Crippen molar-refractivity contribution in [1.29, 1.82) is 0 Å². The number of benzene rings is 2. The predicted molar refractivity (Wildman–Crippen MR) is 120 cm³/mol. The van der Waals surface area contributed by atoms with Crippen LogP contribution in [0.1, 0.15) is 54.9 Å². The van der Waals surface area contributed by atoms with Crippen LogP contribution in [0.25, 0.3) is 0 Å². The quantitative estimate of drug-likeness (QED) is 0.635. The fourth-order valence-electron chi connectivity index (χ4n) is 4.08. The first-order valence-corrected chi connectivity index (χ1v) is 10.9. The highest BCUT2D eigenvalue weighted by atomic mass is 16.7. The lowest BCUT2D eigenvalue weighted by molar-refractivity contribution is -0.218. The topological polar surface area (TPSA) is 63.3 Å². The van der Waals surface area contributed by atoms with Crippen LogP contribution < -0.4 is 0 Å². The minimum Gasteiger partial charge on any atom is -0.349 e. The highest BCUT2D eigenvalue weighted by molar-refractivity contribution is 5.33. The Balaban J connectivity index is 1.55. The monoisotopic (exact) mass is 420 g/mol. The van der Waals surface area contributed by atoms with E-state index in [1.165, 1.54) is 22.3 Å². The number of nitrogens with zero attached hydrogens (tertiary/aromatic N) is 3. The highest BCUT2D eigenvalue weighted by Gasteiger charge is 2.35. The number of aromatic nitrogens is 3. The number of aryl methyl sites for hydroxylation is 1. The van der Waals surface area contributed by atoms with Gasteiger partial charge in [-0.05, 0) is 29.0 Å². The number of ether oxygens (including phenoxy) is 2. The van der Waals surface area contributed by atoms with E-state index in [1.54, 1.807) is 6.33 Å². The van der Waals surface area contributed by atoms with E-state index in [9.17, 15) is 0 Å². The predicted octanol–water partition coefficient (Wildman–Crippen LogP) is 4.53. The summed E-state index contributed by atoms with van der Waals surface area (Å²) in [5, 5.41) is 6.96. The van der Waals surface area contributed by atoms with E-state index in [2.05, 4.69) is 90.2 Å². The molecule has 1 N–H and O–H groups in total. The van der Waals surface area contributed by atoms with E-state index >= 15 is 0 Å². The van der Waals surface area contributed by atoms with E-state index < -0.39 is 0 Å². The standard InChI is InChI=1S/C25H32N4O2/c1-18-12-19(14-21(13-18)25(2,3)4)16-31-24-23(20-8-6-5-7-9-20)29(10-11-30-24)15-22-26-17-27-28-22/h5-9,12-14,17,23-24H,10-11,15-16H2,1-4H3,(H,26,27,28). The Morgan fingerprint density at radius 1 is 1.16 bits per heavy atom. The Hall–Kier alpha value is -2.54. The number of aromatic amines is 1. The lowest BCUT2D eigenvalue weighted by Gasteiger charge is -2.40. The smallest absolute Gasteiger partial charge is 0.177 e. The van der Waals surface area contributed by atoms with Crippen LogP contribution in [0.4, 0.5) is 0 Å². The number of nitrogens with one attached hydrogen (secondary N) is 1. The van der Waals surface area contributed by atoms with Gasteiger partial charge in [0.05, 0.1) is 25.8 Å². The van der Waals surface area contributed by atoms with Gasteiger partial charge in [0.25, 0.3) is 0 Å². The molecule has 0 amide bonds. The van der Waals surface area contributed by atoms with Crippen molar-refractivity contribution in [2.75, 3.05) is 13.2 Å². The van der Waals surface area contributed by atoms with E-state index in [0.717, 1.165) is 12.4 Å². The van der Waals surface area contributed by atoms with Crippen molar-refractivity contribution in [3.05, 3.63) is 82.9 Å². The minimum absolute atomic E-state index is 0.0213. The molecule has 0 saturated carbocycles. The molecule has 1 aliphatic rings. The zero-order valence-corrected chi connectivity index (χ0v) is 18.8. The molecule has 0 bridgehead atoms. The number of rotatable bonds is 6. The molecule has 6 nitrogen and oxygen atoms in total. The van der Waals surface area contributed by atoms with Crippen molar-refractivity contribution >= 4 is 0 Å². The van der Waals surface area contributed by atoms with Crippen LogP contribution >= 0.6 is 0 Å². The molecule has 2 atom stereocenters. The fourth-order valence-corrected chi connectivity index (χ4v) is 4.08. The van der Waals surface area contributed by atoms with Gasteiger partial charge in [0.15, 0.2) is 6.29 Å². The third-order valence-corrected chi connectivity index (χ3v) is 5.69. The average Bonchev–Trinajstić information content (AvgIpc) is 3.25. The zero-order chi connectivity index (χ0) is 21.8. The maximum atomic E-state index is 6.40. The summed E-state index contributed by atoms with van der Waals surface area (Å²) in [5.41, 5.74) is 5.02. The molecule has 0 spiro atoms. The summed E-state index contributed by atoms with van der Waals surface area (Å²) in [7, 11) is 0. The van der Waals surface area contributed by atoms with E-state index in [0.29, 0.717) is 19.8 Å². The summed E-state index contributed by atoms with van der Waals surface area (Å²) in [5.74, 6) is 0.843. The summed E-state index contributed by atoms with van der Waals surface area (Å²) in [6, 6.07) is 17.1. The number of hydrogen-bond donors (Lipinski definition) is 1. The molecular formula is C25H32N4O2. The molecule has 1 saturated heterocycles. The Bertz CT molecular complexity index is 967. The van der Waals surface area contributed by atoms with Gasteiger partial charge >= 0.3 is 0 Å². The molecule has 6 heteroatoms. The molecule has 31 heavy (non-hydrogen) atoms. The van der Waals surface area contributed by atoms with Gasteiger partial charge in [-0.1, -0.05) is 74.9 Å². The molecule has 164 valence electrons. The van der Waals surface area contributed by atoms with Gasteiger partial charge in [0, 0.05) is 6.54 Å². The fraction of sp³-hybridized carbons (Fsp3) is 0.440. The van der Waals surface area contributed by atoms with Crippen molar-refractivity contribution in [2.45, 2.75) is 58.6 Å². The van der Waals surface area contributed by atoms with Gasteiger partial charge < -0.3 is 9.47 Å². The Kier molecular flexibility index (Phi) is 6.51. The summed E-state index contributed by atoms with van der Waals surface area (Å²) in [6.45, 7) is 11.5. The molecule has 0 radical (unpaired) electrons. The number of morpholine rings is 1. The normalized spacial score (nSPS) is 20.1. The van der Waals surface area contributed by atoms with Gasteiger partial charge in [-0.25, -0.2) is 4.98 Å². The van der Waals surface area contributed by atoms with Crippen LogP contribution in [0.15, 0.2) is 54.9 Å². The van der Waals surface area contributed by atoms with Crippen molar-refractivity contribution < 1.29 is 9.47 Å². The lowest BCUT2D eigenvalue weighted by Crippen LogP contribution is -2.46. The molecule has 2 unspecified atom stereocenters. The summed E-state index contributed by atoms with van der Waals surface area (Å²) in [6.07, 6.45) is 1.18. The SMILES string of the molecule is Cc1cc(COC2OCCN(Cc3ncn[nH]3)C2c2ccccc2)cc(C(C)(C)C)c1. The molecule has 2 aromatic carbocycles. The third kappa shape index (κ3) is 5.39. The third-order valence-electron chi connectivity index (χ3n) is 5.69. The molecular weight excluding hydrogens is 388 g/mol. The molecule has 3 aromatic rings. The van der Waals surface area contributed by atoms with Crippen molar-refractivity contribution in [3.63, 3.8) is 0 Å². The van der Waals surface area contributed by atoms with Gasteiger partial charge in [0.1, 0.15) is 12.2 Å². The van der Waals surface area contributed by atoms with E-state index in [4.69, 9.17) is 9.47 Å². The van der Waals surface area contributed by atoms with Crippen molar-refractivity contribution in [1.82, 2.24) is 20.1 Å². The largest absolute Gasteiger partial charge is 0.349 e. The van der Waals surface area contributed by atoms with Crippen LogP contribution in [-0.4, -0.2) is 39.5 Å². The maximum Gasteiger partial charge on any atom is 0.177 e. The Morgan fingerprint density at radius 3 is 2.68 bits per heavy atom. The van der Waals surface area contributed by atoms with Gasteiger partial charge in [-0.3, -0.25) is 10.00 Å². The zero-order valence-electron chi connectivity index (χ0n) is 18.8. The second kappa shape index (κ2) is 9.30. The van der Waals surface area contributed by atoms with Gasteiger partial charge in [0.2, 0.25) is 0 Å². The Morgan fingerprint density at radius 2 is 1.97 bits per heavy atom. The van der Waals surface area contributed by atoms with Gasteiger partial charge in [-0.2, -0.15) is 5.10 Å². The average molecular weight is 421 g/mol. The number of H-pyrrole nitrogens is 1. The summed E-state index contributed by atoms with van der Waals surface area (Å²) < 4.78 is 12.5. The molecule has 4 rings (SSSR count). The first-order chi connectivity index (χ1) is 14.9. The van der Waals surface area contributed by atoms with E-state index in [1.807, 2.05) is 6.07 Å². The molecule has 1 fully saturated rings. The van der Waals surface area contributed by atoms with Crippen LogP contribution in [0.3, 0.4) is 0 Å². The van der Waals surface area contributed by atoms with Crippen LogP contribution in [0, 0.1) is 6.92 Å². The second-order valence-corrected chi connectivity index (χ2v) is 9.27. The second-order valence-electron chi connectivity index (χ2n) is 9.27. The minimum atomic E-state index is -0.363. The maximum absolute atomic E-state index is 6.40. The summed E-state index contributed by atoms with van der Waals surface area (Å²) >= 11 is 0. The van der Waals surface area contributed by atoms with Crippen molar-refractivity contribution in [3.8, 4) is 0 Å². The first-order valence-electron chi connectivity index (χ1n) is 10.9. The number of hydrogen-bond acceptors (Lipinski definition) is 5. The van der Waals surface area contributed by atoms with Crippen LogP contribution in [0.2, 0.25) is 0 Å². The molecule has 0 aliphatic carbocycles. The van der Waals surface area contributed by atoms with Crippen LogP contribution in [-0.2, 0) is 28.0 Å². The highest BCUT2D eigenvalue weighted by Crippen LogP contribution is 2.32. The molecule has 2 heterocycles. The van der Waals surface area contributed by atoms with Crippen LogP contribution in [0.5, 0.6) is 0 Å². The van der Waals surface area contributed by atoms with E-state index in [-0.39, 0.29) is 17.7 Å².